The van der Waals surface area contributed by atoms with E-state index in [0.29, 0.717) is 12.2 Å². The number of rotatable bonds is 4. The Balaban J connectivity index is 2.64. The zero-order valence-corrected chi connectivity index (χ0v) is 10.2. The molecule has 0 saturated carbocycles. The summed E-state index contributed by atoms with van der Waals surface area (Å²) in [6.07, 6.45) is 1.47. The fraction of sp³-hybridized carbons (Fsp3) is 0.417. The number of halogens is 1. The zero-order chi connectivity index (χ0) is 10.6. The maximum Gasteiger partial charge on any atom is 0.135 e. The Kier molecular flexibility index (Phi) is 4.33. The topological polar surface area (TPSA) is 17.1 Å². The van der Waals surface area contributed by atoms with Gasteiger partial charge in [-0.05, 0) is 24.1 Å². The van der Waals surface area contributed by atoms with Gasteiger partial charge in [0.2, 0.25) is 0 Å². The molecular weight excluding hydrogens is 240 g/mol. The van der Waals surface area contributed by atoms with Crippen molar-refractivity contribution in [2.75, 3.05) is 0 Å². The molecule has 1 rings (SSSR count). The number of carbonyl (C=O) groups excluding carboxylic acids is 1. The normalized spacial score (nSPS) is 12.5. The molecule has 0 N–H and O–H groups in total. The molecule has 0 radical (unpaired) electrons. The van der Waals surface area contributed by atoms with E-state index in [1.807, 2.05) is 26.0 Å². The van der Waals surface area contributed by atoms with Gasteiger partial charge in [0.25, 0.3) is 0 Å². The Morgan fingerprint density at radius 3 is 2.79 bits per heavy atom. The van der Waals surface area contributed by atoms with Gasteiger partial charge < -0.3 is 0 Å². The number of Topliss-reactive ketones (excluding diaryl/α,β-unsaturated/α-hetero) is 1. The summed E-state index contributed by atoms with van der Waals surface area (Å²) >= 11 is 3.42. The molecule has 1 atom stereocenters. The molecule has 76 valence electrons. The van der Waals surface area contributed by atoms with Crippen LogP contribution in [0.2, 0.25) is 0 Å². The van der Waals surface area contributed by atoms with Gasteiger partial charge in [0, 0.05) is 16.8 Å². The minimum atomic E-state index is 0.134. The largest absolute Gasteiger partial charge is 0.299 e. The van der Waals surface area contributed by atoms with Gasteiger partial charge in [-0.15, -0.1) is 0 Å². The summed E-state index contributed by atoms with van der Waals surface area (Å²) in [6, 6.07) is 8.13. The first-order valence-corrected chi connectivity index (χ1v) is 5.70. The summed E-state index contributed by atoms with van der Waals surface area (Å²) in [7, 11) is 0. The summed E-state index contributed by atoms with van der Waals surface area (Å²) in [6.45, 7) is 3.91. The first kappa shape index (κ1) is 11.4. The highest BCUT2D eigenvalue weighted by atomic mass is 79.9. The summed E-state index contributed by atoms with van der Waals surface area (Å²) in [5.74, 6) is 0.472. The van der Waals surface area contributed by atoms with Gasteiger partial charge >= 0.3 is 0 Å². The molecule has 0 bridgehead atoms. The third-order valence-electron chi connectivity index (χ3n) is 2.33. The molecule has 0 aliphatic carbocycles. The molecule has 1 nitrogen and oxygen atoms in total. The average molecular weight is 255 g/mol. The number of benzene rings is 1. The van der Waals surface area contributed by atoms with Crippen LogP contribution in [-0.4, -0.2) is 5.78 Å². The van der Waals surface area contributed by atoms with Crippen LogP contribution in [0.5, 0.6) is 0 Å². The monoisotopic (exact) mass is 254 g/mol. The molecular formula is C12H15BrO. The predicted molar refractivity (Wildman–Crippen MR) is 62.3 cm³/mol. The number of hydrogen-bond donors (Lipinski definition) is 0. The molecule has 14 heavy (non-hydrogen) atoms. The average Bonchev–Trinajstić information content (AvgIpc) is 2.16. The van der Waals surface area contributed by atoms with Gasteiger partial charge in [0.05, 0.1) is 0 Å². The van der Waals surface area contributed by atoms with E-state index >= 15 is 0 Å². The lowest BCUT2D eigenvalue weighted by Crippen LogP contribution is -2.12. The van der Waals surface area contributed by atoms with Crippen molar-refractivity contribution in [1.82, 2.24) is 0 Å². The molecule has 0 saturated heterocycles. The van der Waals surface area contributed by atoms with E-state index in [4.69, 9.17) is 0 Å². The summed E-state index contributed by atoms with van der Waals surface area (Å²) < 4.78 is 1.08. The minimum absolute atomic E-state index is 0.134. The Hall–Kier alpha value is -0.630. The van der Waals surface area contributed by atoms with Crippen molar-refractivity contribution >= 4 is 21.7 Å². The van der Waals surface area contributed by atoms with E-state index in [-0.39, 0.29) is 5.92 Å². The molecule has 0 amide bonds. The second kappa shape index (κ2) is 5.30. The summed E-state index contributed by atoms with van der Waals surface area (Å²) in [4.78, 5) is 11.4. The second-order valence-electron chi connectivity index (χ2n) is 3.55. The lowest BCUT2D eigenvalue weighted by atomic mass is 9.96. The number of carbonyl (C=O) groups is 1. The number of hydrogen-bond acceptors (Lipinski definition) is 1. The Morgan fingerprint density at radius 2 is 2.21 bits per heavy atom. The third kappa shape index (κ3) is 3.26. The molecule has 1 aromatic carbocycles. The van der Waals surface area contributed by atoms with Gasteiger partial charge in [-0.1, -0.05) is 41.9 Å². The van der Waals surface area contributed by atoms with Crippen molar-refractivity contribution in [2.45, 2.75) is 26.7 Å². The van der Waals surface area contributed by atoms with E-state index in [1.165, 1.54) is 5.56 Å². The van der Waals surface area contributed by atoms with Crippen LogP contribution in [0.3, 0.4) is 0 Å². The zero-order valence-electron chi connectivity index (χ0n) is 8.59. The van der Waals surface area contributed by atoms with Crippen LogP contribution in [-0.2, 0) is 11.2 Å². The minimum Gasteiger partial charge on any atom is -0.299 e. The van der Waals surface area contributed by atoms with Gasteiger partial charge in [-0.25, -0.2) is 0 Å². The van der Waals surface area contributed by atoms with Gasteiger partial charge in [-0.3, -0.25) is 4.79 Å². The van der Waals surface area contributed by atoms with Crippen molar-refractivity contribution in [3.8, 4) is 0 Å². The fourth-order valence-electron chi connectivity index (χ4n) is 1.48. The first-order chi connectivity index (χ1) is 6.63. The van der Waals surface area contributed by atoms with E-state index in [0.717, 1.165) is 10.9 Å². The SMILES string of the molecule is CCC(=O)C(C)Cc1cccc(Br)c1. The van der Waals surface area contributed by atoms with Crippen molar-refractivity contribution in [3.05, 3.63) is 34.3 Å². The molecule has 0 spiro atoms. The molecule has 0 heterocycles. The van der Waals surface area contributed by atoms with E-state index in [9.17, 15) is 4.79 Å². The molecule has 0 aliphatic rings. The maximum atomic E-state index is 11.4. The molecule has 1 unspecified atom stereocenters. The predicted octanol–water partition coefficient (Wildman–Crippen LogP) is 3.61. The van der Waals surface area contributed by atoms with Crippen LogP contribution in [0.4, 0.5) is 0 Å². The van der Waals surface area contributed by atoms with Crippen LogP contribution in [0.1, 0.15) is 25.8 Å². The Bertz CT molecular complexity index is 320. The Labute approximate surface area is 93.7 Å². The highest BCUT2D eigenvalue weighted by molar-refractivity contribution is 9.10. The van der Waals surface area contributed by atoms with Crippen molar-refractivity contribution < 1.29 is 4.79 Å². The molecule has 2 heteroatoms. The molecule has 1 aromatic rings. The van der Waals surface area contributed by atoms with Crippen molar-refractivity contribution in [2.24, 2.45) is 5.92 Å². The quantitative estimate of drug-likeness (QED) is 0.803. The van der Waals surface area contributed by atoms with Crippen LogP contribution in [0.25, 0.3) is 0 Å². The van der Waals surface area contributed by atoms with Crippen LogP contribution in [0.15, 0.2) is 28.7 Å². The standard InChI is InChI=1S/C12H15BrO/c1-3-12(14)9(2)7-10-5-4-6-11(13)8-10/h4-6,8-9H,3,7H2,1-2H3. The van der Waals surface area contributed by atoms with E-state index in [2.05, 4.69) is 28.1 Å². The van der Waals surface area contributed by atoms with E-state index in [1.54, 1.807) is 0 Å². The maximum absolute atomic E-state index is 11.4. The molecule has 0 aromatic heterocycles. The second-order valence-corrected chi connectivity index (χ2v) is 4.47. The van der Waals surface area contributed by atoms with Gasteiger partial charge in [0.15, 0.2) is 0 Å². The summed E-state index contributed by atoms with van der Waals surface area (Å²) in [5.41, 5.74) is 1.22. The smallest absolute Gasteiger partial charge is 0.135 e. The van der Waals surface area contributed by atoms with Gasteiger partial charge in [-0.2, -0.15) is 0 Å². The lowest BCUT2D eigenvalue weighted by Gasteiger charge is -2.08. The Morgan fingerprint density at radius 1 is 1.50 bits per heavy atom. The first-order valence-electron chi connectivity index (χ1n) is 4.90. The van der Waals surface area contributed by atoms with Crippen molar-refractivity contribution in [1.29, 1.82) is 0 Å². The van der Waals surface area contributed by atoms with Crippen LogP contribution >= 0.6 is 15.9 Å². The molecule has 0 aliphatic heterocycles. The summed E-state index contributed by atoms with van der Waals surface area (Å²) in [5, 5.41) is 0. The van der Waals surface area contributed by atoms with Crippen LogP contribution < -0.4 is 0 Å². The van der Waals surface area contributed by atoms with E-state index < -0.39 is 0 Å². The number of ketones is 1. The molecule has 0 fully saturated rings. The fourth-order valence-corrected chi connectivity index (χ4v) is 1.93. The van der Waals surface area contributed by atoms with Crippen molar-refractivity contribution in [3.63, 3.8) is 0 Å². The highest BCUT2D eigenvalue weighted by Crippen LogP contribution is 2.15. The van der Waals surface area contributed by atoms with Gasteiger partial charge in [0.1, 0.15) is 5.78 Å². The lowest BCUT2D eigenvalue weighted by molar-refractivity contribution is -0.122. The third-order valence-corrected chi connectivity index (χ3v) is 2.82. The van der Waals surface area contributed by atoms with Crippen LogP contribution in [0, 0.1) is 5.92 Å². The highest BCUT2D eigenvalue weighted by Gasteiger charge is 2.10.